The topological polar surface area (TPSA) is 74.6 Å². The van der Waals surface area contributed by atoms with Gasteiger partial charge in [0.1, 0.15) is 0 Å². The van der Waals surface area contributed by atoms with Crippen molar-refractivity contribution in [1.29, 1.82) is 0 Å². The Kier molecular flexibility index (Phi) is 2.64. The highest BCUT2D eigenvalue weighted by molar-refractivity contribution is 6.04. The molecule has 0 aliphatic heterocycles. The number of allylic oxidation sites excluding steroid dienone is 2. The van der Waals surface area contributed by atoms with Crippen LogP contribution in [0.25, 0.3) is 16.3 Å². The lowest BCUT2D eigenvalue weighted by molar-refractivity contribution is -0.141. The second-order valence-corrected chi connectivity index (χ2v) is 6.02. The third-order valence-electron chi connectivity index (χ3n) is 4.70. The van der Waals surface area contributed by atoms with Crippen LogP contribution in [0.1, 0.15) is 33.5 Å². The fraction of sp³-hybridized carbons (Fsp3) is 0.222. The average Bonchev–Trinajstić information content (AvgIpc) is 2.51. The predicted molar refractivity (Wildman–Crippen MR) is 82.0 cm³/mol. The molecular formula is C18H14O4. The highest BCUT2D eigenvalue weighted by atomic mass is 16.4. The maximum absolute atomic E-state index is 11.3. The van der Waals surface area contributed by atoms with Gasteiger partial charge in [0.15, 0.2) is 0 Å². The lowest BCUT2D eigenvalue weighted by atomic mass is 9.74. The maximum Gasteiger partial charge on any atom is 0.335 e. The van der Waals surface area contributed by atoms with Crippen molar-refractivity contribution in [3.05, 3.63) is 52.6 Å². The molecule has 0 spiro atoms. The van der Waals surface area contributed by atoms with Gasteiger partial charge in [-0.2, -0.15) is 0 Å². The molecule has 2 N–H and O–H groups in total. The molecule has 4 nitrogen and oxygen atoms in total. The number of hydrogen-bond donors (Lipinski definition) is 2. The first-order valence-corrected chi connectivity index (χ1v) is 7.28. The highest BCUT2D eigenvalue weighted by Gasteiger charge is 2.30. The van der Waals surface area contributed by atoms with Crippen LogP contribution in [-0.4, -0.2) is 22.2 Å². The number of aliphatic carboxylic acids is 1. The zero-order valence-electron chi connectivity index (χ0n) is 11.8. The van der Waals surface area contributed by atoms with Crippen LogP contribution in [0, 0.1) is 5.92 Å². The number of carboxylic acids is 2. The minimum absolute atomic E-state index is 0.304. The average molecular weight is 294 g/mol. The second kappa shape index (κ2) is 4.44. The molecule has 2 aliphatic rings. The molecule has 1 atom stereocenters. The molecule has 110 valence electrons. The Balaban J connectivity index is 1.98. The van der Waals surface area contributed by atoms with Gasteiger partial charge in [-0.1, -0.05) is 18.2 Å². The molecule has 0 saturated heterocycles. The van der Waals surface area contributed by atoms with E-state index in [1.165, 1.54) is 0 Å². The van der Waals surface area contributed by atoms with Crippen molar-refractivity contribution in [3.63, 3.8) is 0 Å². The number of aromatic carboxylic acids is 1. The van der Waals surface area contributed by atoms with Gasteiger partial charge < -0.3 is 10.2 Å². The Labute approximate surface area is 126 Å². The first-order valence-electron chi connectivity index (χ1n) is 7.28. The summed E-state index contributed by atoms with van der Waals surface area (Å²) in [5, 5.41) is 20.6. The highest BCUT2D eigenvalue weighted by Crippen LogP contribution is 2.43. The summed E-state index contributed by atoms with van der Waals surface area (Å²) < 4.78 is 0. The molecule has 1 unspecified atom stereocenters. The number of carbonyl (C=O) groups is 2. The zero-order valence-corrected chi connectivity index (χ0v) is 11.8. The molecule has 0 heterocycles. The summed E-state index contributed by atoms with van der Waals surface area (Å²) >= 11 is 0. The van der Waals surface area contributed by atoms with Crippen LogP contribution in [0.5, 0.6) is 0 Å². The molecule has 2 aromatic rings. The molecule has 2 aliphatic carbocycles. The number of carboxylic acid groups (broad SMARTS) is 2. The molecule has 0 bridgehead atoms. The molecule has 0 aromatic heterocycles. The smallest absolute Gasteiger partial charge is 0.335 e. The Morgan fingerprint density at radius 1 is 1.05 bits per heavy atom. The molecule has 22 heavy (non-hydrogen) atoms. The van der Waals surface area contributed by atoms with E-state index in [2.05, 4.69) is 6.08 Å². The Morgan fingerprint density at radius 2 is 1.86 bits per heavy atom. The van der Waals surface area contributed by atoms with E-state index in [0.29, 0.717) is 24.8 Å². The van der Waals surface area contributed by atoms with Gasteiger partial charge in [0, 0.05) is 0 Å². The van der Waals surface area contributed by atoms with Gasteiger partial charge in [0.2, 0.25) is 0 Å². The molecule has 0 saturated carbocycles. The molecular weight excluding hydrogens is 280 g/mol. The monoisotopic (exact) mass is 294 g/mol. The van der Waals surface area contributed by atoms with Gasteiger partial charge in [0.05, 0.1) is 11.5 Å². The largest absolute Gasteiger partial charge is 0.481 e. The SMILES string of the molecule is O=C(O)c1cc2c3c4c(ccc3c1)CC(C(=O)O)CC4=CC2. The summed E-state index contributed by atoms with van der Waals surface area (Å²) in [6.45, 7) is 0. The molecule has 2 aromatic carbocycles. The van der Waals surface area contributed by atoms with Gasteiger partial charge in [-0.05, 0) is 64.4 Å². The first-order chi connectivity index (χ1) is 10.5. The van der Waals surface area contributed by atoms with E-state index >= 15 is 0 Å². The van der Waals surface area contributed by atoms with Gasteiger partial charge in [0.25, 0.3) is 0 Å². The second-order valence-electron chi connectivity index (χ2n) is 6.02. The number of rotatable bonds is 2. The lowest BCUT2D eigenvalue weighted by Crippen LogP contribution is -2.23. The van der Waals surface area contributed by atoms with E-state index in [1.54, 1.807) is 12.1 Å². The minimum Gasteiger partial charge on any atom is -0.481 e. The van der Waals surface area contributed by atoms with Crippen LogP contribution in [0.2, 0.25) is 0 Å². The van der Waals surface area contributed by atoms with Crippen molar-refractivity contribution < 1.29 is 19.8 Å². The summed E-state index contributed by atoms with van der Waals surface area (Å²) in [6, 6.07) is 7.30. The standard InChI is InChI=1S/C18H14O4/c19-17(20)13-5-9-1-2-10-6-14(18(21)22)8-12-4-3-11(7-13)15(9)16(10)12/h1-3,6,8,13H,4-5,7H2,(H,19,20)(H,21,22). The molecule has 0 amide bonds. The minimum atomic E-state index is -0.920. The summed E-state index contributed by atoms with van der Waals surface area (Å²) in [5.74, 6) is -2.04. The number of benzene rings is 2. The van der Waals surface area contributed by atoms with Crippen LogP contribution >= 0.6 is 0 Å². The van der Waals surface area contributed by atoms with Crippen molar-refractivity contribution in [2.75, 3.05) is 0 Å². The van der Waals surface area contributed by atoms with E-state index in [9.17, 15) is 19.8 Å². The predicted octanol–water partition coefficient (Wildman–Crippen LogP) is 3.12. The van der Waals surface area contributed by atoms with Crippen molar-refractivity contribution >= 4 is 28.3 Å². The Hall–Kier alpha value is -2.62. The van der Waals surface area contributed by atoms with Crippen molar-refractivity contribution in [3.8, 4) is 0 Å². The third kappa shape index (κ3) is 1.77. The van der Waals surface area contributed by atoms with Crippen molar-refractivity contribution in [2.45, 2.75) is 19.3 Å². The van der Waals surface area contributed by atoms with Crippen LogP contribution in [0.4, 0.5) is 0 Å². The van der Waals surface area contributed by atoms with E-state index in [4.69, 9.17) is 0 Å². The van der Waals surface area contributed by atoms with Crippen LogP contribution in [0.3, 0.4) is 0 Å². The number of hydrogen-bond acceptors (Lipinski definition) is 2. The summed E-state index contributed by atoms with van der Waals surface area (Å²) in [5.41, 5.74) is 4.60. The van der Waals surface area contributed by atoms with Gasteiger partial charge >= 0.3 is 11.9 Å². The fourth-order valence-corrected chi connectivity index (χ4v) is 3.72. The molecule has 4 heteroatoms. The van der Waals surface area contributed by atoms with E-state index in [1.807, 2.05) is 12.1 Å². The van der Waals surface area contributed by atoms with Crippen LogP contribution < -0.4 is 0 Å². The van der Waals surface area contributed by atoms with Crippen molar-refractivity contribution in [1.82, 2.24) is 0 Å². The fourth-order valence-electron chi connectivity index (χ4n) is 3.72. The van der Waals surface area contributed by atoms with Gasteiger partial charge in [-0.15, -0.1) is 0 Å². The van der Waals surface area contributed by atoms with E-state index < -0.39 is 11.9 Å². The third-order valence-corrected chi connectivity index (χ3v) is 4.70. The van der Waals surface area contributed by atoms with Crippen LogP contribution in [-0.2, 0) is 17.6 Å². The van der Waals surface area contributed by atoms with Crippen LogP contribution in [0.15, 0.2) is 30.3 Å². The summed E-state index contributed by atoms with van der Waals surface area (Å²) in [4.78, 5) is 22.6. The molecule has 4 rings (SSSR count). The Morgan fingerprint density at radius 3 is 2.59 bits per heavy atom. The maximum atomic E-state index is 11.3. The summed E-state index contributed by atoms with van der Waals surface area (Å²) in [6.07, 6.45) is 3.82. The normalized spacial score (nSPS) is 18.9. The Bertz CT molecular complexity index is 876. The summed E-state index contributed by atoms with van der Waals surface area (Å²) in [7, 11) is 0. The first kappa shape index (κ1) is 13.1. The quantitative estimate of drug-likeness (QED) is 0.892. The van der Waals surface area contributed by atoms with E-state index in [-0.39, 0.29) is 5.92 Å². The van der Waals surface area contributed by atoms with Gasteiger partial charge in [-0.3, -0.25) is 4.79 Å². The van der Waals surface area contributed by atoms with Crippen molar-refractivity contribution in [2.24, 2.45) is 5.92 Å². The molecule has 0 fully saturated rings. The lowest BCUT2D eigenvalue weighted by Gasteiger charge is -2.29. The van der Waals surface area contributed by atoms with E-state index in [0.717, 1.165) is 33.0 Å². The zero-order chi connectivity index (χ0) is 15.4. The molecule has 0 radical (unpaired) electrons. The van der Waals surface area contributed by atoms with Gasteiger partial charge in [-0.25, -0.2) is 4.79 Å².